The van der Waals surface area contributed by atoms with E-state index in [1.807, 2.05) is 55.6 Å². The number of aryl methyl sites for hydroxylation is 1. The predicted molar refractivity (Wildman–Crippen MR) is 150 cm³/mol. The van der Waals surface area contributed by atoms with Crippen LogP contribution in [0.1, 0.15) is 40.2 Å². The number of rotatable bonds is 6. The van der Waals surface area contributed by atoms with E-state index < -0.39 is 5.97 Å². The third-order valence-electron chi connectivity index (χ3n) is 6.17. The van der Waals surface area contributed by atoms with E-state index in [0.717, 1.165) is 40.2 Å². The second-order valence-electron chi connectivity index (χ2n) is 8.56. The van der Waals surface area contributed by atoms with Gasteiger partial charge in [-0.25, -0.2) is 9.78 Å². The Labute approximate surface area is 229 Å². The van der Waals surface area contributed by atoms with E-state index in [9.17, 15) is 4.79 Å². The maximum Gasteiger partial charge on any atom is 0.351 e. The van der Waals surface area contributed by atoms with Crippen LogP contribution in [-0.4, -0.2) is 18.1 Å². The van der Waals surface area contributed by atoms with Gasteiger partial charge in [-0.3, -0.25) is 0 Å². The van der Waals surface area contributed by atoms with Crippen LogP contribution in [0.25, 0.3) is 11.1 Å². The van der Waals surface area contributed by atoms with Crippen LogP contribution in [0.2, 0.25) is 10.2 Å². The van der Waals surface area contributed by atoms with Gasteiger partial charge in [-0.05, 0) is 66.8 Å². The Kier molecular flexibility index (Phi) is 7.51. The maximum absolute atomic E-state index is 12.7. The van der Waals surface area contributed by atoms with E-state index in [1.165, 1.54) is 24.0 Å². The molecule has 0 aliphatic carbocycles. The molecule has 1 atom stereocenters. The number of nitrogens with zero attached hydrogens (tertiary/aromatic N) is 2. The number of carbonyl (C=O) groups is 1. The van der Waals surface area contributed by atoms with Crippen molar-refractivity contribution in [3.05, 3.63) is 105 Å². The summed E-state index contributed by atoms with van der Waals surface area (Å²) in [6.07, 6.45) is 7.31. The number of hydrogen-bond acceptors (Lipinski definition) is 6. The largest absolute Gasteiger partial charge is 0.484 e. The first kappa shape index (κ1) is 25.3. The van der Waals surface area contributed by atoms with Gasteiger partial charge in [0.2, 0.25) is 0 Å². The Morgan fingerprint density at radius 3 is 2.68 bits per heavy atom. The number of thiophene rings is 1. The Morgan fingerprint density at radius 1 is 1.08 bits per heavy atom. The molecule has 3 heterocycles. The summed E-state index contributed by atoms with van der Waals surface area (Å²) in [7, 11) is 1.37. The fourth-order valence-corrected chi connectivity index (χ4v) is 5.81. The van der Waals surface area contributed by atoms with Crippen molar-refractivity contribution in [1.29, 1.82) is 0 Å². The van der Waals surface area contributed by atoms with Gasteiger partial charge in [-0.2, -0.15) is 0 Å². The van der Waals surface area contributed by atoms with Crippen molar-refractivity contribution in [2.24, 2.45) is 0 Å². The lowest BCUT2D eigenvalue weighted by Crippen LogP contribution is -2.08. The number of fused-ring (bicyclic) bond motifs is 1. The van der Waals surface area contributed by atoms with Gasteiger partial charge in [-0.1, -0.05) is 53.5 Å². The molecule has 0 saturated heterocycles. The van der Waals surface area contributed by atoms with E-state index in [4.69, 9.17) is 32.7 Å². The number of ether oxygens (including phenoxy) is 2. The number of methoxy groups -OCH3 is 1. The highest BCUT2D eigenvalue weighted by molar-refractivity contribution is 7.18. The molecule has 0 saturated carbocycles. The van der Waals surface area contributed by atoms with Crippen LogP contribution in [0.5, 0.6) is 5.75 Å². The number of anilines is 2. The number of pyridine rings is 1. The van der Waals surface area contributed by atoms with Crippen LogP contribution < -0.4 is 9.64 Å². The second-order valence-corrected chi connectivity index (χ2v) is 10.4. The molecule has 2 aromatic carbocycles. The third kappa shape index (κ3) is 5.37. The molecule has 0 bridgehead atoms. The molecule has 37 heavy (non-hydrogen) atoms. The minimum absolute atomic E-state index is 0.360. The normalized spacial score (nSPS) is 13.6. The monoisotopic (exact) mass is 550 g/mol. The first-order valence-electron chi connectivity index (χ1n) is 11.8. The maximum atomic E-state index is 12.7. The van der Waals surface area contributed by atoms with E-state index in [1.54, 1.807) is 6.20 Å². The third-order valence-corrected chi connectivity index (χ3v) is 7.82. The molecule has 188 valence electrons. The number of esters is 1. The summed E-state index contributed by atoms with van der Waals surface area (Å²) in [5.41, 5.74) is 5.16. The molecule has 0 fully saturated rings. The molecule has 5 nitrogen and oxygen atoms in total. The molecular weight excluding hydrogens is 527 g/mol. The van der Waals surface area contributed by atoms with Gasteiger partial charge in [0, 0.05) is 34.7 Å². The highest BCUT2D eigenvalue weighted by Gasteiger charge is 2.25. The first-order valence-corrected chi connectivity index (χ1v) is 13.4. The molecule has 0 radical (unpaired) electrons. The Balaban J connectivity index is 1.52. The van der Waals surface area contributed by atoms with Crippen molar-refractivity contribution >= 4 is 51.2 Å². The molecule has 1 aliphatic heterocycles. The predicted octanol–water partition coefficient (Wildman–Crippen LogP) is 8.64. The molecule has 1 aliphatic rings. The van der Waals surface area contributed by atoms with Gasteiger partial charge >= 0.3 is 5.97 Å². The number of halogens is 2. The van der Waals surface area contributed by atoms with Crippen molar-refractivity contribution in [1.82, 2.24) is 4.98 Å². The lowest BCUT2D eigenvalue weighted by molar-refractivity contribution is 0.0600. The summed E-state index contributed by atoms with van der Waals surface area (Å²) in [6, 6.07) is 19.6. The van der Waals surface area contributed by atoms with Crippen LogP contribution in [0.4, 0.5) is 10.7 Å². The van der Waals surface area contributed by atoms with Gasteiger partial charge in [0.15, 0.2) is 4.88 Å². The summed E-state index contributed by atoms with van der Waals surface area (Å²) < 4.78 is 11.3. The SMILES string of the molecule is COC(=O)c1sc(N2C=CCCc3cc(-c4ccnc(Cl)c4)ccc32)cc1OC(C)c1ccccc1Cl. The van der Waals surface area contributed by atoms with Gasteiger partial charge in [-0.15, -0.1) is 11.3 Å². The minimum Gasteiger partial charge on any atom is -0.484 e. The lowest BCUT2D eigenvalue weighted by atomic mass is 10.00. The molecular formula is C29H24Cl2N2O3S. The van der Waals surface area contributed by atoms with E-state index in [-0.39, 0.29) is 6.10 Å². The number of carbonyl (C=O) groups excluding carboxylic acids is 1. The van der Waals surface area contributed by atoms with Gasteiger partial charge in [0.05, 0.1) is 7.11 Å². The summed E-state index contributed by atoms with van der Waals surface area (Å²) in [5.74, 6) is 0.0167. The molecule has 0 N–H and O–H groups in total. The van der Waals surface area contributed by atoms with Crippen molar-refractivity contribution in [3.63, 3.8) is 0 Å². The zero-order valence-electron chi connectivity index (χ0n) is 20.3. The summed E-state index contributed by atoms with van der Waals surface area (Å²) >= 11 is 13.8. The van der Waals surface area contributed by atoms with Crippen LogP contribution in [-0.2, 0) is 11.2 Å². The Hall–Kier alpha value is -3.32. The fraction of sp³-hybridized carbons (Fsp3) is 0.172. The highest BCUT2D eigenvalue weighted by atomic mass is 35.5. The number of aromatic nitrogens is 1. The van der Waals surface area contributed by atoms with E-state index >= 15 is 0 Å². The molecule has 8 heteroatoms. The van der Waals surface area contributed by atoms with Gasteiger partial charge in [0.25, 0.3) is 0 Å². The first-order chi connectivity index (χ1) is 17.9. The van der Waals surface area contributed by atoms with Crippen molar-refractivity contribution < 1.29 is 14.3 Å². The Bertz CT molecular complexity index is 1480. The smallest absolute Gasteiger partial charge is 0.351 e. The van der Waals surface area contributed by atoms with Gasteiger partial charge in [0.1, 0.15) is 22.0 Å². The van der Waals surface area contributed by atoms with Crippen molar-refractivity contribution in [2.45, 2.75) is 25.9 Å². The Morgan fingerprint density at radius 2 is 1.89 bits per heavy atom. The molecule has 4 aromatic rings. The van der Waals surface area contributed by atoms with Crippen molar-refractivity contribution in [3.8, 4) is 16.9 Å². The summed E-state index contributed by atoms with van der Waals surface area (Å²) in [6.45, 7) is 1.91. The second kappa shape index (κ2) is 11.0. The number of allylic oxidation sites excluding steroid dienone is 1. The zero-order valence-corrected chi connectivity index (χ0v) is 22.6. The molecule has 0 spiro atoms. The molecule has 2 aromatic heterocycles. The molecule has 1 unspecified atom stereocenters. The quantitative estimate of drug-likeness (QED) is 0.177. The fourth-order valence-electron chi connectivity index (χ4n) is 4.34. The number of hydrogen-bond donors (Lipinski definition) is 0. The zero-order chi connectivity index (χ0) is 25.9. The van der Waals surface area contributed by atoms with Crippen LogP contribution >= 0.6 is 34.5 Å². The van der Waals surface area contributed by atoms with E-state index in [0.29, 0.717) is 20.8 Å². The van der Waals surface area contributed by atoms with Crippen LogP contribution in [0.15, 0.2) is 79.1 Å². The van der Waals surface area contributed by atoms with Crippen molar-refractivity contribution in [2.75, 3.05) is 12.0 Å². The standard InChI is InChI=1S/C29H24Cl2N2O3S/c1-18(22-8-3-4-9-23(22)30)36-25-17-27(37-28(25)29(34)35-2)33-14-6-5-7-21-15-19(10-11-24(21)33)20-12-13-32-26(31)16-20/h3-4,6,8-18H,5,7H2,1-2H3. The summed E-state index contributed by atoms with van der Waals surface area (Å²) in [4.78, 5) is 19.3. The highest BCUT2D eigenvalue weighted by Crippen LogP contribution is 2.44. The topological polar surface area (TPSA) is 51.7 Å². The van der Waals surface area contributed by atoms with Crippen LogP contribution in [0.3, 0.4) is 0 Å². The lowest BCUT2D eigenvalue weighted by Gasteiger charge is -2.21. The molecule has 0 amide bonds. The average molecular weight is 551 g/mol. The van der Waals surface area contributed by atoms with E-state index in [2.05, 4.69) is 34.2 Å². The van der Waals surface area contributed by atoms with Crippen LogP contribution in [0, 0.1) is 0 Å². The van der Waals surface area contributed by atoms with Gasteiger partial charge < -0.3 is 14.4 Å². The molecule has 5 rings (SSSR count). The average Bonchev–Trinajstić information content (AvgIpc) is 3.19. The minimum atomic E-state index is -0.443. The summed E-state index contributed by atoms with van der Waals surface area (Å²) in [5, 5.41) is 1.92. The number of benzene rings is 2.